The fourth-order valence-electron chi connectivity index (χ4n) is 1.55. The predicted octanol–water partition coefficient (Wildman–Crippen LogP) is 0.496. The second kappa shape index (κ2) is 4.39. The third kappa shape index (κ3) is 2.21. The molecule has 1 aliphatic heterocycles. The van der Waals surface area contributed by atoms with Gasteiger partial charge in [0.1, 0.15) is 0 Å². The SMILES string of the molecule is Nc1cccnc1CN1CCOCC1. The van der Waals surface area contributed by atoms with Gasteiger partial charge < -0.3 is 10.5 Å². The van der Waals surface area contributed by atoms with Crippen molar-refractivity contribution in [2.45, 2.75) is 6.54 Å². The maximum absolute atomic E-state index is 5.82. The zero-order valence-electron chi connectivity index (χ0n) is 8.15. The maximum atomic E-state index is 5.82. The Bertz CT molecular complexity index is 297. The van der Waals surface area contributed by atoms with Crippen molar-refractivity contribution in [2.24, 2.45) is 0 Å². The lowest BCUT2D eigenvalue weighted by Crippen LogP contribution is -2.36. The molecule has 0 aromatic carbocycles. The van der Waals surface area contributed by atoms with Crippen LogP contribution in [-0.2, 0) is 11.3 Å². The molecule has 0 bridgehead atoms. The Morgan fingerprint density at radius 2 is 2.21 bits per heavy atom. The third-order valence-corrected chi connectivity index (χ3v) is 2.40. The Hall–Kier alpha value is -1.13. The summed E-state index contributed by atoms with van der Waals surface area (Å²) in [6.07, 6.45) is 1.78. The van der Waals surface area contributed by atoms with Crippen LogP contribution in [0.4, 0.5) is 5.69 Å². The first-order valence-electron chi connectivity index (χ1n) is 4.86. The highest BCUT2D eigenvalue weighted by Gasteiger charge is 2.12. The number of hydrogen-bond acceptors (Lipinski definition) is 4. The summed E-state index contributed by atoms with van der Waals surface area (Å²) in [7, 11) is 0. The van der Waals surface area contributed by atoms with Crippen LogP contribution in [0.1, 0.15) is 5.69 Å². The molecule has 0 unspecified atom stereocenters. The van der Waals surface area contributed by atoms with Crippen LogP contribution in [0.3, 0.4) is 0 Å². The standard InChI is InChI=1S/C10H15N3O/c11-9-2-1-3-12-10(9)8-13-4-6-14-7-5-13/h1-3H,4-8,11H2. The number of nitrogens with zero attached hydrogens (tertiary/aromatic N) is 2. The van der Waals surface area contributed by atoms with Gasteiger partial charge in [-0.05, 0) is 12.1 Å². The van der Waals surface area contributed by atoms with Gasteiger partial charge in [0.2, 0.25) is 0 Å². The molecule has 2 N–H and O–H groups in total. The van der Waals surface area contributed by atoms with E-state index < -0.39 is 0 Å². The Balaban J connectivity index is 1.99. The summed E-state index contributed by atoms with van der Waals surface area (Å²) in [5.74, 6) is 0. The largest absolute Gasteiger partial charge is 0.397 e. The van der Waals surface area contributed by atoms with E-state index in [1.165, 1.54) is 0 Å². The molecule has 1 saturated heterocycles. The van der Waals surface area contributed by atoms with E-state index in [1.807, 2.05) is 12.1 Å². The summed E-state index contributed by atoms with van der Waals surface area (Å²) in [5.41, 5.74) is 7.56. The molecule has 4 nitrogen and oxygen atoms in total. The van der Waals surface area contributed by atoms with Gasteiger partial charge in [-0.3, -0.25) is 9.88 Å². The van der Waals surface area contributed by atoms with Gasteiger partial charge >= 0.3 is 0 Å². The van der Waals surface area contributed by atoms with Crippen molar-refractivity contribution in [3.8, 4) is 0 Å². The minimum absolute atomic E-state index is 0.777. The predicted molar refractivity (Wildman–Crippen MR) is 54.7 cm³/mol. The van der Waals surface area contributed by atoms with Crippen LogP contribution in [-0.4, -0.2) is 36.2 Å². The average molecular weight is 193 g/mol. The molecule has 0 aliphatic carbocycles. The number of ether oxygens (including phenoxy) is 1. The number of nitrogen functional groups attached to an aromatic ring is 1. The Morgan fingerprint density at radius 1 is 1.43 bits per heavy atom. The van der Waals surface area contributed by atoms with Crippen molar-refractivity contribution in [3.63, 3.8) is 0 Å². The summed E-state index contributed by atoms with van der Waals surface area (Å²) in [6, 6.07) is 3.75. The van der Waals surface area contributed by atoms with Gasteiger partial charge in [-0.1, -0.05) is 0 Å². The van der Waals surface area contributed by atoms with E-state index in [4.69, 9.17) is 10.5 Å². The molecule has 76 valence electrons. The fourth-order valence-corrected chi connectivity index (χ4v) is 1.55. The fraction of sp³-hybridized carbons (Fsp3) is 0.500. The summed E-state index contributed by atoms with van der Waals surface area (Å²) < 4.78 is 5.27. The first-order chi connectivity index (χ1) is 6.86. The van der Waals surface area contributed by atoms with E-state index in [0.717, 1.165) is 44.2 Å². The number of anilines is 1. The van der Waals surface area contributed by atoms with Crippen molar-refractivity contribution in [3.05, 3.63) is 24.0 Å². The van der Waals surface area contributed by atoms with Gasteiger partial charge in [0, 0.05) is 25.8 Å². The quantitative estimate of drug-likeness (QED) is 0.743. The summed E-state index contributed by atoms with van der Waals surface area (Å²) >= 11 is 0. The topological polar surface area (TPSA) is 51.4 Å². The van der Waals surface area contributed by atoms with Crippen LogP contribution < -0.4 is 5.73 Å². The second-order valence-electron chi connectivity index (χ2n) is 3.43. The van der Waals surface area contributed by atoms with E-state index in [9.17, 15) is 0 Å². The lowest BCUT2D eigenvalue weighted by Gasteiger charge is -2.26. The molecule has 4 heteroatoms. The highest BCUT2D eigenvalue weighted by molar-refractivity contribution is 5.41. The van der Waals surface area contributed by atoms with Gasteiger partial charge in [0.05, 0.1) is 24.6 Å². The Labute approximate surface area is 83.7 Å². The second-order valence-corrected chi connectivity index (χ2v) is 3.43. The molecular weight excluding hydrogens is 178 g/mol. The summed E-state index contributed by atoms with van der Waals surface area (Å²) in [4.78, 5) is 6.57. The molecule has 1 fully saturated rings. The zero-order valence-corrected chi connectivity index (χ0v) is 8.15. The monoisotopic (exact) mass is 193 g/mol. The van der Waals surface area contributed by atoms with E-state index in [-0.39, 0.29) is 0 Å². The lowest BCUT2D eigenvalue weighted by atomic mass is 10.2. The molecule has 0 spiro atoms. The maximum Gasteiger partial charge on any atom is 0.0772 e. The molecule has 1 aliphatic rings. The highest BCUT2D eigenvalue weighted by Crippen LogP contribution is 2.11. The molecule has 2 heterocycles. The molecule has 0 atom stereocenters. The van der Waals surface area contributed by atoms with Crippen LogP contribution in [0.2, 0.25) is 0 Å². The van der Waals surface area contributed by atoms with E-state index in [2.05, 4.69) is 9.88 Å². The number of hydrogen-bond donors (Lipinski definition) is 1. The van der Waals surface area contributed by atoms with E-state index >= 15 is 0 Å². The third-order valence-electron chi connectivity index (χ3n) is 2.40. The van der Waals surface area contributed by atoms with Gasteiger partial charge in [0.25, 0.3) is 0 Å². The van der Waals surface area contributed by atoms with Crippen LogP contribution in [0, 0.1) is 0 Å². The van der Waals surface area contributed by atoms with E-state index in [1.54, 1.807) is 6.20 Å². The van der Waals surface area contributed by atoms with Gasteiger partial charge in [0.15, 0.2) is 0 Å². The number of nitrogens with two attached hydrogens (primary N) is 1. The minimum atomic E-state index is 0.777. The number of pyridine rings is 1. The van der Waals surface area contributed by atoms with Crippen molar-refractivity contribution in [1.29, 1.82) is 0 Å². The Morgan fingerprint density at radius 3 is 2.93 bits per heavy atom. The first kappa shape index (κ1) is 9.43. The van der Waals surface area contributed by atoms with Gasteiger partial charge in [-0.25, -0.2) is 0 Å². The van der Waals surface area contributed by atoms with Crippen LogP contribution in [0.25, 0.3) is 0 Å². The first-order valence-corrected chi connectivity index (χ1v) is 4.86. The highest BCUT2D eigenvalue weighted by atomic mass is 16.5. The molecular formula is C10H15N3O. The molecule has 1 aromatic rings. The van der Waals surface area contributed by atoms with Gasteiger partial charge in [-0.2, -0.15) is 0 Å². The van der Waals surface area contributed by atoms with Crippen molar-refractivity contribution < 1.29 is 4.74 Å². The van der Waals surface area contributed by atoms with Crippen molar-refractivity contribution in [1.82, 2.24) is 9.88 Å². The van der Waals surface area contributed by atoms with Crippen LogP contribution >= 0.6 is 0 Å². The lowest BCUT2D eigenvalue weighted by molar-refractivity contribution is 0.0337. The van der Waals surface area contributed by atoms with Crippen molar-refractivity contribution >= 4 is 5.69 Å². The van der Waals surface area contributed by atoms with Crippen LogP contribution in [0.5, 0.6) is 0 Å². The number of morpholine rings is 1. The molecule has 0 saturated carbocycles. The summed E-state index contributed by atoms with van der Waals surface area (Å²) in [6.45, 7) is 4.39. The van der Waals surface area contributed by atoms with Gasteiger partial charge in [-0.15, -0.1) is 0 Å². The molecule has 0 amide bonds. The van der Waals surface area contributed by atoms with E-state index in [0.29, 0.717) is 0 Å². The van der Waals surface area contributed by atoms with Crippen molar-refractivity contribution in [2.75, 3.05) is 32.0 Å². The minimum Gasteiger partial charge on any atom is -0.397 e. The molecule has 14 heavy (non-hydrogen) atoms. The molecule has 0 radical (unpaired) electrons. The summed E-state index contributed by atoms with van der Waals surface area (Å²) in [5, 5.41) is 0. The average Bonchev–Trinajstić information content (AvgIpc) is 2.23. The Kier molecular flexibility index (Phi) is 2.96. The smallest absolute Gasteiger partial charge is 0.0772 e. The molecule has 2 rings (SSSR count). The number of aromatic nitrogens is 1. The number of rotatable bonds is 2. The molecule has 1 aromatic heterocycles. The normalized spacial score (nSPS) is 18.3. The van der Waals surface area contributed by atoms with Crippen LogP contribution in [0.15, 0.2) is 18.3 Å². The zero-order chi connectivity index (χ0) is 9.80.